The van der Waals surface area contributed by atoms with Gasteiger partial charge in [-0.3, -0.25) is 0 Å². The lowest BCUT2D eigenvalue weighted by atomic mass is 9.70. The van der Waals surface area contributed by atoms with Gasteiger partial charge in [-0.25, -0.2) is 0 Å². The maximum atomic E-state index is 8.74. The molecule has 493 valence electrons. The van der Waals surface area contributed by atoms with Crippen molar-refractivity contribution in [3.8, 4) is 50.3 Å². The predicted octanol–water partition coefficient (Wildman–Crippen LogP) is 22.6. The summed E-state index contributed by atoms with van der Waals surface area (Å²) in [5, 5.41) is 50.6. The molecule has 0 saturated heterocycles. The van der Waals surface area contributed by atoms with Gasteiger partial charge in [0.2, 0.25) is 0 Å². The molecule has 1 radical (unpaired) electrons. The van der Waals surface area contributed by atoms with Gasteiger partial charge in [0.05, 0.1) is 22.0 Å². The Hall–Kier alpha value is -12.4. The lowest BCUT2D eigenvalue weighted by molar-refractivity contribution is 0.424. The molecule has 25 rings (SSSR count). The fourth-order valence-electron chi connectivity index (χ4n) is 21.3. The molecule has 6 aliphatic carbocycles. The molecule has 3 N–H and O–H groups in total. The van der Waals surface area contributed by atoms with Crippen molar-refractivity contribution in [3.63, 3.8) is 0 Å². The standard InChI is InChI=1S/C62H34.C31H17Cl.C6H7B2O4.H2/c1-5-24-48-38(14-1)39-15-2-6-25-49(39)61(48)52-28-10-20-42-37-33-32-35(34-47(37)45-22-12-30-54(61)59(45)57(42)52)36-18-9-19-43-44-21-11-29-53-58(44)60-46(56(36)43)23-13-31-55(60)62(53)50-26-7-3-16-40(50)41-17-4-8-27-51(41)62;32-18-15-16-19-22-9-5-13-27-29(22)30-23(24(19)17-18)10-6-14-28(30)31(27)25-11-3-1-7-20(25)21-8-2-4-12-26(21)31;9-7-12-6-3-1-2-5(4-6)8(10)11;/h1-34H;1-17H;1-4,9-11H;1H/i;;;1+1. The van der Waals surface area contributed by atoms with Gasteiger partial charge in [-0.15, -0.1) is 0 Å². The lowest BCUT2D eigenvalue weighted by Gasteiger charge is -2.30. The molecule has 19 aromatic rings. The van der Waals surface area contributed by atoms with Gasteiger partial charge in [0, 0.05) is 6.45 Å². The van der Waals surface area contributed by atoms with Gasteiger partial charge in [0.1, 0.15) is 0 Å². The van der Waals surface area contributed by atoms with Gasteiger partial charge in [-0.1, -0.05) is 315 Å². The third kappa shape index (κ3) is 7.41. The van der Waals surface area contributed by atoms with Crippen LogP contribution in [0.3, 0.4) is 0 Å². The largest absolute Gasteiger partial charge is 0.569 e. The molecule has 6 aliphatic rings. The average molecular weight is 1370 g/mol. The fraction of sp³-hybridized carbons (Fsp3) is 0.0303. The molecule has 3 spiro atoms. The third-order valence-corrected chi connectivity index (χ3v) is 25.1. The molecule has 0 fully saturated rings. The van der Waals surface area contributed by atoms with Crippen molar-refractivity contribution in [2.75, 3.05) is 0 Å². The highest BCUT2D eigenvalue weighted by Crippen LogP contribution is 2.67. The van der Waals surface area contributed by atoms with Crippen LogP contribution < -0.4 is 10.1 Å². The Morgan fingerprint density at radius 1 is 0.255 bits per heavy atom. The second kappa shape index (κ2) is 21.9. The van der Waals surface area contributed by atoms with Crippen LogP contribution in [0.1, 0.15) is 68.2 Å². The quantitative estimate of drug-likeness (QED) is 0.121. The predicted molar refractivity (Wildman–Crippen MR) is 440 cm³/mol. The number of hydrogen-bond donors (Lipinski definition) is 3. The normalized spacial score (nSPS) is 14.3. The van der Waals surface area contributed by atoms with E-state index in [1.165, 1.54) is 220 Å². The van der Waals surface area contributed by atoms with Crippen LogP contribution in [0, 0.1) is 0 Å². The zero-order chi connectivity index (χ0) is 70.1. The Bertz CT molecular complexity index is 7070. The first-order valence-corrected chi connectivity index (χ1v) is 36.8. The molecule has 106 heavy (non-hydrogen) atoms. The molecule has 0 aliphatic heterocycles. The van der Waals surface area contributed by atoms with Crippen molar-refractivity contribution in [2.45, 2.75) is 16.2 Å². The van der Waals surface area contributed by atoms with E-state index in [0.717, 1.165) is 5.02 Å². The molecule has 0 aromatic heterocycles. The Kier molecular flexibility index (Phi) is 12.4. The van der Waals surface area contributed by atoms with Crippen molar-refractivity contribution in [2.24, 2.45) is 0 Å². The van der Waals surface area contributed by atoms with Crippen LogP contribution in [0.25, 0.3) is 141 Å². The SMILES string of the molecule is Clc1ccc2c(c1)c1cccc3c1c1c(cccc21)C31c2ccccc2-c2ccccc21.O[B]Oc1cccc(B(O)O)c1.[2HH].c1ccc2c(c1)-c1ccccc1C21c2cccc3c4ccc(-c5cccc6c7cccc8c7c7c(cccc7c56)C85c6ccccc6-c6ccccc65)cc4c4cccc1c4c23. The van der Waals surface area contributed by atoms with Crippen LogP contribution in [0.15, 0.2) is 334 Å². The van der Waals surface area contributed by atoms with Crippen molar-refractivity contribution < 1.29 is 21.2 Å². The summed E-state index contributed by atoms with van der Waals surface area (Å²) in [5.74, 6) is 0.350. The molecule has 19 aromatic carbocycles. The van der Waals surface area contributed by atoms with Crippen LogP contribution in [0.4, 0.5) is 0 Å². The molecule has 0 atom stereocenters. The monoisotopic (exact) mass is 1370 g/mol. The van der Waals surface area contributed by atoms with Crippen molar-refractivity contribution in [1.29, 1.82) is 0 Å². The number of rotatable bonds is 4. The second-order valence-corrected chi connectivity index (χ2v) is 29.7. The van der Waals surface area contributed by atoms with Crippen LogP contribution in [0.5, 0.6) is 5.75 Å². The van der Waals surface area contributed by atoms with E-state index in [9.17, 15) is 0 Å². The molecule has 0 amide bonds. The number of hydrogen-bond acceptors (Lipinski definition) is 4. The summed E-state index contributed by atoms with van der Waals surface area (Å²) in [6.07, 6.45) is 0. The first kappa shape index (κ1) is 60.1. The van der Waals surface area contributed by atoms with Crippen LogP contribution >= 0.6 is 11.6 Å². The minimum atomic E-state index is -1.52. The smallest absolute Gasteiger partial charge is 0.537 e. The van der Waals surface area contributed by atoms with Gasteiger partial charge in [-0.2, -0.15) is 0 Å². The van der Waals surface area contributed by atoms with E-state index in [-0.39, 0.29) is 17.7 Å². The minimum absolute atomic E-state index is 0. The van der Waals surface area contributed by atoms with E-state index in [2.05, 4.69) is 308 Å². The Morgan fingerprint density at radius 2 is 0.547 bits per heavy atom. The van der Waals surface area contributed by atoms with Crippen molar-refractivity contribution in [1.82, 2.24) is 0 Å². The highest BCUT2D eigenvalue weighted by atomic mass is 35.5. The van der Waals surface area contributed by atoms with Crippen molar-refractivity contribution in [3.05, 3.63) is 405 Å². The van der Waals surface area contributed by atoms with Gasteiger partial charge in [0.25, 0.3) is 0 Å². The summed E-state index contributed by atoms with van der Waals surface area (Å²) in [6, 6.07) is 123. The van der Waals surface area contributed by atoms with E-state index in [1.807, 2.05) is 6.07 Å². The van der Waals surface area contributed by atoms with Crippen LogP contribution in [0.2, 0.25) is 5.02 Å². The van der Waals surface area contributed by atoms with Crippen LogP contribution in [-0.2, 0) is 16.2 Å². The molecule has 4 nitrogen and oxygen atoms in total. The zero-order valence-corrected chi connectivity index (χ0v) is 57.8. The molecular formula is C99H60B2ClO4. The highest BCUT2D eigenvalue weighted by Gasteiger charge is 2.54. The number of benzene rings is 19. The molecular weight excluding hydrogens is 1310 g/mol. The van der Waals surface area contributed by atoms with E-state index in [1.54, 1.807) is 12.1 Å². The van der Waals surface area contributed by atoms with Gasteiger partial charge >= 0.3 is 14.8 Å². The lowest BCUT2D eigenvalue weighted by Crippen LogP contribution is -2.29. The summed E-state index contributed by atoms with van der Waals surface area (Å²) in [6.45, 7) is 0. The van der Waals surface area contributed by atoms with Gasteiger partial charge in [0.15, 0.2) is 0 Å². The summed E-state index contributed by atoms with van der Waals surface area (Å²) >= 11 is 6.48. The number of halogens is 1. The summed E-state index contributed by atoms with van der Waals surface area (Å²) in [7, 11) is -0.990. The Morgan fingerprint density at radius 3 is 0.934 bits per heavy atom. The Labute approximate surface area is 617 Å². The molecule has 0 unspecified atom stereocenters. The summed E-state index contributed by atoms with van der Waals surface area (Å²) in [4.78, 5) is 0. The zero-order valence-electron chi connectivity index (χ0n) is 57.0. The molecule has 7 heteroatoms. The fourth-order valence-corrected chi connectivity index (χ4v) is 21.4. The topological polar surface area (TPSA) is 69.9 Å². The third-order valence-electron chi connectivity index (χ3n) is 24.9. The Balaban J connectivity index is 0.000000131. The maximum absolute atomic E-state index is 8.74. The molecule has 0 bridgehead atoms. The van der Waals surface area contributed by atoms with E-state index >= 15 is 0 Å². The highest BCUT2D eigenvalue weighted by molar-refractivity contribution is 6.58. The first-order valence-electron chi connectivity index (χ1n) is 36.4. The first-order chi connectivity index (χ1) is 52.3. The van der Waals surface area contributed by atoms with Crippen LogP contribution in [-0.4, -0.2) is 29.9 Å². The molecule has 0 heterocycles. The number of fused-ring (bicyclic) bond motifs is 30. The summed E-state index contributed by atoms with van der Waals surface area (Å²) < 4.78 is 4.61. The van der Waals surface area contributed by atoms with E-state index in [0.29, 0.717) is 18.9 Å². The van der Waals surface area contributed by atoms with Gasteiger partial charge in [-0.05, 0) is 244 Å². The van der Waals surface area contributed by atoms with E-state index in [4.69, 9.17) is 26.7 Å². The van der Waals surface area contributed by atoms with Gasteiger partial charge < -0.3 is 19.7 Å². The minimum Gasteiger partial charge on any atom is -0.537 e. The van der Waals surface area contributed by atoms with Crippen molar-refractivity contribution >= 4 is 129 Å². The van der Waals surface area contributed by atoms with E-state index < -0.39 is 7.12 Å². The molecule has 0 saturated carbocycles. The second-order valence-electron chi connectivity index (χ2n) is 29.2. The average Bonchev–Trinajstić information content (AvgIpc) is 1.51. The summed E-state index contributed by atoms with van der Waals surface area (Å²) in [5.41, 5.74) is 26.7. The maximum Gasteiger partial charge on any atom is 0.569 e.